The molecule has 0 atom stereocenters. The zero-order valence-corrected chi connectivity index (χ0v) is 12.4. The number of benzene rings is 1. The molecule has 1 heterocycles. The van der Waals surface area contributed by atoms with E-state index in [1.165, 1.54) is 5.56 Å². The minimum atomic E-state index is 0.341. The fraction of sp³-hybridized carbons (Fsp3) is 0.294. The van der Waals surface area contributed by atoms with Crippen LogP contribution in [0.15, 0.2) is 41.2 Å². The third-order valence-electron chi connectivity index (χ3n) is 3.07. The van der Waals surface area contributed by atoms with Gasteiger partial charge < -0.3 is 14.9 Å². The van der Waals surface area contributed by atoms with E-state index >= 15 is 0 Å². The summed E-state index contributed by atoms with van der Waals surface area (Å²) in [5.41, 5.74) is 8.65. The second kappa shape index (κ2) is 7.53. The molecule has 0 fully saturated rings. The summed E-state index contributed by atoms with van der Waals surface area (Å²) in [5.74, 6) is 6.69. The van der Waals surface area contributed by atoms with Crippen LogP contribution >= 0.6 is 0 Å². The first-order valence-corrected chi connectivity index (χ1v) is 6.78. The first kappa shape index (κ1) is 15.2. The molecule has 2 rings (SSSR count). The van der Waals surface area contributed by atoms with Crippen LogP contribution in [-0.2, 0) is 13.1 Å². The predicted octanol–water partition coefficient (Wildman–Crippen LogP) is 2.23. The van der Waals surface area contributed by atoms with Crippen LogP contribution in [0.5, 0.6) is 5.75 Å². The van der Waals surface area contributed by atoms with Gasteiger partial charge in [0.25, 0.3) is 0 Å². The van der Waals surface area contributed by atoms with Crippen LogP contribution in [-0.4, -0.2) is 25.6 Å². The summed E-state index contributed by atoms with van der Waals surface area (Å²) >= 11 is 0. The van der Waals surface area contributed by atoms with E-state index in [-0.39, 0.29) is 0 Å². The van der Waals surface area contributed by atoms with E-state index < -0.39 is 0 Å². The van der Waals surface area contributed by atoms with E-state index in [9.17, 15) is 0 Å². The number of rotatable bonds is 5. The molecule has 4 heteroatoms. The average Bonchev–Trinajstić information content (AvgIpc) is 2.98. The standard InChI is InChI=1S/C17H20N2O2/c1-19(12-15-7-9-21-13-15)11-14-5-6-17(20-2)16(10-14)4-3-8-18/h5-7,9-10,13H,8,11-12,18H2,1-2H3. The molecule has 21 heavy (non-hydrogen) atoms. The maximum atomic E-state index is 5.43. The lowest BCUT2D eigenvalue weighted by Gasteiger charge is -2.16. The van der Waals surface area contributed by atoms with Gasteiger partial charge in [-0.15, -0.1) is 0 Å². The monoisotopic (exact) mass is 284 g/mol. The lowest BCUT2D eigenvalue weighted by atomic mass is 10.1. The van der Waals surface area contributed by atoms with Gasteiger partial charge in [0.1, 0.15) is 5.75 Å². The van der Waals surface area contributed by atoms with Crippen LogP contribution in [0.25, 0.3) is 0 Å². The van der Waals surface area contributed by atoms with Crippen LogP contribution in [0.1, 0.15) is 16.7 Å². The lowest BCUT2D eigenvalue weighted by molar-refractivity contribution is 0.317. The molecule has 2 aromatic rings. The summed E-state index contributed by atoms with van der Waals surface area (Å²) in [4.78, 5) is 2.22. The highest BCUT2D eigenvalue weighted by atomic mass is 16.5. The molecule has 2 N–H and O–H groups in total. The summed E-state index contributed by atoms with van der Waals surface area (Å²) in [6, 6.07) is 8.02. The van der Waals surface area contributed by atoms with Crippen molar-refractivity contribution in [3.05, 3.63) is 53.5 Å². The molecule has 0 bridgehead atoms. The molecule has 4 nitrogen and oxygen atoms in total. The number of furan rings is 1. The maximum absolute atomic E-state index is 5.43. The minimum Gasteiger partial charge on any atom is -0.495 e. The Kier molecular flexibility index (Phi) is 5.44. The Labute approximate surface area is 125 Å². The highest BCUT2D eigenvalue weighted by molar-refractivity contribution is 5.48. The molecule has 0 aliphatic carbocycles. The van der Waals surface area contributed by atoms with Crippen molar-refractivity contribution in [1.82, 2.24) is 4.90 Å². The van der Waals surface area contributed by atoms with E-state index in [1.807, 2.05) is 18.2 Å². The summed E-state index contributed by atoms with van der Waals surface area (Å²) in [6.07, 6.45) is 3.46. The Balaban J connectivity index is 2.09. The van der Waals surface area contributed by atoms with Crippen molar-refractivity contribution in [2.45, 2.75) is 13.1 Å². The number of hydrogen-bond acceptors (Lipinski definition) is 4. The summed E-state index contributed by atoms with van der Waals surface area (Å²) < 4.78 is 10.4. The second-order valence-electron chi connectivity index (χ2n) is 4.84. The number of nitrogens with two attached hydrogens (primary N) is 1. The Morgan fingerprint density at radius 1 is 1.24 bits per heavy atom. The lowest BCUT2D eigenvalue weighted by Crippen LogP contribution is -2.16. The molecule has 0 radical (unpaired) electrons. The number of hydrogen-bond donors (Lipinski definition) is 1. The SMILES string of the molecule is COc1ccc(CN(C)Cc2ccoc2)cc1C#CCN. The highest BCUT2D eigenvalue weighted by Gasteiger charge is 2.06. The summed E-state index contributed by atoms with van der Waals surface area (Å²) in [7, 11) is 3.72. The van der Waals surface area contributed by atoms with Gasteiger partial charge in [-0.2, -0.15) is 0 Å². The Morgan fingerprint density at radius 3 is 2.71 bits per heavy atom. The molecule has 110 valence electrons. The summed E-state index contributed by atoms with van der Waals surface area (Å²) in [6.45, 7) is 2.01. The quantitative estimate of drug-likeness (QED) is 0.855. The zero-order chi connectivity index (χ0) is 15.1. The molecule has 0 aliphatic rings. The maximum Gasteiger partial charge on any atom is 0.134 e. The molecule has 0 saturated carbocycles. The first-order valence-electron chi connectivity index (χ1n) is 6.78. The van der Waals surface area contributed by atoms with Gasteiger partial charge in [-0.1, -0.05) is 17.9 Å². The second-order valence-corrected chi connectivity index (χ2v) is 4.84. The Morgan fingerprint density at radius 2 is 2.05 bits per heavy atom. The van der Waals surface area contributed by atoms with E-state index in [0.29, 0.717) is 6.54 Å². The Bertz CT molecular complexity index is 624. The van der Waals surface area contributed by atoms with Gasteiger partial charge in [-0.25, -0.2) is 0 Å². The third-order valence-corrected chi connectivity index (χ3v) is 3.07. The largest absolute Gasteiger partial charge is 0.495 e. The predicted molar refractivity (Wildman–Crippen MR) is 82.8 cm³/mol. The smallest absolute Gasteiger partial charge is 0.134 e. The average molecular weight is 284 g/mol. The number of nitrogens with zero attached hydrogens (tertiary/aromatic N) is 1. The van der Waals surface area contributed by atoms with Crippen molar-refractivity contribution in [1.29, 1.82) is 0 Å². The van der Waals surface area contributed by atoms with Gasteiger partial charge in [0.15, 0.2) is 0 Å². The fourth-order valence-corrected chi connectivity index (χ4v) is 2.16. The van der Waals surface area contributed by atoms with Gasteiger partial charge in [-0.05, 0) is 30.8 Å². The molecular weight excluding hydrogens is 264 g/mol. The highest BCUT2D eigenvalue weighted by Crippen LogP contribution is 2.20. The number of ether oxygens (including phenoxy) is 1. The van der Waals surface area contributed by atoms with Gasteiger partial charge in [0, 0.05) is 18.7 Å². The molecule has 1 aromatic carbocycles. The molecule has 0 unspecified atom stereocenters. The van der Waals surface area contributed by atoms with Crippen LogP contribution < -0.4 is 10.5 Å². The van der Waals surface area contributed by atoms with Gasteiger partial charge >= 0.3 is 0 Å². The number of methoxy groups -OCH3 is 1. The fourth-order valence-electron chi connectivity index (χ4n) is 2.16. The Hall–Kier alpha value is -2.22. The van der Waals surface area contributed by atoms with Crippen molar-refractivity contribution < 1.29 is 9.15 Å². The van der Waals surface area contributed by atoms with Crippen molar-refractivity contribution in [3.63, 3.8) is 0 Å². The van der Waals surface area contributed by atoms with Crippen LogP contribution in [0, 0.1) is 11.8 Å². The summed E-state index contributed by atoms with van der Waals surface area (Å²) in [5, 5.41) is 0. The zero-order valence-electron chi connectivity index (χ0n) is 12.4. The van der Waals surface area contributed by atoms with Crippen LogP contribution in [0.4, 0.5) is 0 Å². The third kappa shape index (κ3) is 4.38. The van der Waals surface area contributed by atoms with Crippen molar-refractivity contribution in [2.24, 2.45) is 5.73 Å². The van der Waals surface area contributed by atoms with Gasteiger partial charge in [-0.3, -0.25) is 4.90 Å². The first-order chi connectivity index (χ1) is 10.2. The van der Waals surface area contributed by atoms with E-state index in [0.717, 1.165) is 30.0 Å². The van der Waals surface area contributed by atoms with Crippen molar-refractivity contribution in [2.75, 3.05) is 20.7 Å². The van der Waals surface area contributed by atoms with E-state index in [2.05, 4.69) is 29.9 Å². The van der Waals surface area contributed by atoms with Crippen LogP contribution in [0.3, 0.4) is 0 Å². The normalized spacial score (nSPS) is 10.3. The molecule has 0 amide bonds. The topological polar surface area (TPSA) is 51.6 Å². The minimum absolute atomic E-state index is 0.341. The van der Waals surface area contributed by atoms with E-state index in [4.69, 9.17) is 14.9 Å². The molecule has 1 aromatic heterocycles. The van der Waals surface area contributed by atoms with Crippen molar-refractivity contribution in [3.8, 4) is 17.6 Å². The van der Waals surface area contributed by atoms with Crippen molar-refractivity contribution >= 4 is 0 Å². The van der Waals surface area contributed by atoms with Crippen LogP contribution in [0.2, 0.25) is 0 Å². The molecule has 0 aliphatic heterocycles. The molecule has 0 spiro atoms. The molecular formula is C17H20N2O2. The van der Waals surface area contributed by atoms with Gasteiger partial charge in [0.05, 0.1) is 31.7 Å². The van der Waals surface area contributed by atoms with E-state index in [1.54, 1.807) is 19.6 Å². The van der Waals surface area contributed by atoms with Gasteiger partial charge in [0.2, 0.25) is 0 Å². The molecule has 0 saturated heterocycles.